The summed E-state index contributed by atoms with van der Waals surface area (Å²) in [6.07, 6.45) is 0. The van der Waals surface area contributed by atoms with Gasteiger partial charge in [-0.05, 0) is 51.0 Å². The first-order valence-electron chi connectivity index (χ1n) is 8.39. The zero-order valence-electron chi connectivity index (χ0n) is 15.1. The third-order valence-electron chi connectivity index (χ3n) is 4.20. The molecule has 1 N–H and O–H groups in total. The van der Waals surface area contributed by atoms with Crippen LogP contribution in [0.25, 0.3) is 10.8 Å². The molecule has 0 radical (unpaired) electrons. The molecule has 5 nitrogen and oxygen atoms in total. The zero-order chi connectivity index (χ0) is 19.0. The van der Waals surface area contributed by atoms with Crippen molar-refractivity contribution in [2.24, 2.45) is 0 Å². The first-order valence-corrected chi connectivity index (χ1v) is 8.77. The van der Waals surface area contributed by atoms with E-state index in [0.717, 1.165) is 11.1 Å². The van der Waals surface area contributed by atoms with Gasteiger partial charge in [0.1, 0.15) is 0 Å². The van der Waals surface area contributed by atoms with E-state index in [1.165, 1.54) is 4.68 Å². The highest BCUT2D eigenvalue weighted by Gasteiger charge is 2.19. The minimum absolute atomic E-state index is 0.164. The Labute approximate surface area is 156 Å². The standard InChI is InChI=1S/C20H20ClN3O2/c1-11(2)24-20(26)15-8-6-5-7-14(15)18(23-24)19(25)22-17-13(4)9-12(3)10-16(17)21/h5-11H,1-4H3,(H,22,25). The number of fused-ring (bicyclic) bond motifs is 1. The minimum atomic E-state index is -0.399. The van der Waals surface area contributed by atoms with Gasteiger partial charge in [-0.1, -0.05) is 35.9 Å². The molecule has 0 unspecified atom stereocenters. The fraction of sp³-hybridized carbons (Fsp3) is 0.250. The zero-order valence-corrected chi connectivity index (χ0v) is 15.9. The SMILES string of the molecule is Cc1cc(C)c(NC(=O)c2nn(C(C)C)c(=O)c3ccccc23)c(Cl)c1. The van der Waals surface area contributed by atoms with Crippen molar-refractivity contribution in [2.75, 3.05) is 5.32 Å². The maximum atomic E-state index is 13.0. The number of nitrogens with zero attached hydrogens (tertiary/aromatic N) is 2. The Kier molecular flexibility index (Phi) is 4.83. The molecule has 2 aromatic carbocycles. The molecule has 0 atom stereocenters. The molecule has 1 heterocycles. The van der Waals surface area contributed by atoms with Crippen LogP contribution in [0, 0.1) is 13.8 Å². The van der Waals surface area contributed by atoms with E-state index in [1.807, 2.05) is 33.8 Å². The van der Waals surface area contributed by atoms with Gasteiger partial charge in [0.05, 0.1) is 22.1 Å². The number of hydrogen-bond acceptors (Lipinski definition) is 3. The number of aryl methyl sites for hydroxylation is 2. The van der Waals surface area contributed by atoms with E-state index in [1.54, 1.807) is 30.3 Å². The van der Waals surface area contributed by atoms with Crippen LogP contribution < -0.4 is 10.9 Å². The van der Waals surface area contributed by atoms with Gasteiger partial charge >= 0.3 is 0 Å². The number of aromatic nitrogens is 2. The Balaban J connectivity index is 2.15. The van der Waals surface area contributed by atoms with Crippen molar-refractivity contribution in [2.45, 2.75) is 33.7 Å². The second kappa shape index (κ2) is 6.92. The molecule has 1 amide bonds. The smallest absolute Gasteiger partial charge is 0.276 e. The van der Waals surface area contributed by atoms with Crippen LogP contribution in [0.4, 0.5) is 5.69 Å². The summed E-state index contributed by atoms with van der Waals surface area (Å²) in [5.41, 5.74) is 2.42. The quantitative estimate of drug-likeness (QED) is 0.739. The van der Waals surface area contributed by atoms with E-state index in [9.17, 15) is 9.59 Å². The maximum absolute atomic E-state index is 13.0. The van der Waals surface area contributed by atoms with Crippen molar-refractivity contribution in [1.29, 1.82) is 0 Å². The number of rotatable bonds is 3. The molecule has 0 aliphatic heterocycles. The van der Waals surface area contributed by atoms with Gasteiger partial charge in [0.25, 0.3) is 11.5 Å². The molecule has 0 fully saturated rings. The Hall–Kier alpha value is -2.66. The topological polar surface area (TPSA) is 64.0 Å². The van der Waals surface area contributed by atoms with Crippen molar-refractivity contribution >= 4 is 34.0 Å². The van der Waals surface area contributed by atoms with Gasteiger partial charge in [-0.25, -0.2) is 4.68 Å². The lowest BCUT2D eigenvalue weighted by Crippen LogP contribution is -2.29. The lowest BCUT2D eigenvalue weighted by Gasteiger charge is -2.15. The maximum Gasteiger partial charge on any atom is 0.276 e. The van der Waals surface area contributed by atoms with Gasteiger partial charge in [0, 0.05) is 5.39 Å². The molecule has 1 aromatic heterocycles. The molecule has 0 aliphatic carbocycles. The second-order valence-electron chi connectivity index (χ2n) is 6.63. The number of halogens is 1. The third kappa shape index (κ3) is 3.22. The molecular formula is C20H20ClN3O2. The van der Waals surface area contributed by atoms with Crippen molar-refractivity contribution < 1.29 is 4.79 Å². The van der Waals surface area contributed by atoms with Crippen LogP contribution in [0.1, 0.15) is 41.5 Å². The molecule has 6 heteroatoms. The van der Waals surface area contributed by atoms with Crippen LogP contribution in [0.5, 0.6) is 0 Å². The summed E-state index contributed by atoms with van der Waals surface area (Å²) < 4.78 is 1.33. The van der Waals surface area contributed by atoms with Crippen molar-refractivity contribution in [1.82, 2.24) is 9.78 Å². The average Bonchev–Trinajstić information content (AvgIpc) is 2.58. The van der Waals surface area contributed by atoms with Crippen molar-refractivity contribution in [3.8, 4) is 0 Å². The van der Waals surface area contributed by atoms with E-state index < -0.39 is 5.91 Å². The largest absolute Gasteiger partial charge is 0.319 e. The summed E-state index contributed by atoms with van der Waals surface area (Å²) in [5, 5.41) is 8.63. The predicted molar refractivity (Wildman–Crippen MR) is 105 cm³/mol. The lowest BCUT2D eigenvalue weighted by atomic mass is 10.1. The van der Waals surface area contributed by atoms with Gasteiger partial charge in [-0.15, -0.1) is 0 Å². The summed E-state index contributed by atoms with van der Waals surface area (Å²) in [7, 11) is 0. The Bertz CT molecular complexity index is 1050. The van der Waals surface area contributed by atoms with Gasteiger partial charge in [0.2, 0.25) is 0 Å². The lowest BCUT2D eigenvalue weighted by molar-refractivity contribution is 0.102. The highest BCUT2D eigenvalue weighted by molar-refractivity contribution is 6.34. The predicted octanol–water partition coefficient (Wildman–Crippen LogP) is 4.50. The number of carbonyl (C=O) groups is 1. The van der Waals surface area contributed by atoms with E-state index in [4.69, 9.17) is 11.6 Å². The second-order valence-corrected chi connectivity index (χ2v) is 7.04. The van der Waals surface area contributed by atoms with E-state index in [2.05, 4.69) is 10.4 Å². The monoisotopic (exact) mass is 369 g/mol. The van der Waals surface area contributed by atoms with Crippen LogP contribution in [-0.2, 0) is 0 Å². The molecule has 0 saturated heterocycles. The molecule has 0 aliphatic rings. The summed E-state index contributed by atoms with van der Waals surface area (Å²) in [5.74, 6) is -0.399. The molecule has 3 aromatic rings. The average molecular weight is 370 g/mol. The van der Waals surface area contributed by atoms with Crippen LogP contribution in [0.15, 0.2) is 41.2 Å². The summed E-state index contributed by atoms with van der Waals surface area (Å²) in [4.78, 5) is 25.6. The van der Waals surface area contributed by atoms with Crippen molar-refractivity contribution in [3.63, 3.8) is 0 Å². The molecule has 134 valence electrons. The fourth-order valence-corrected chi connectivity index (χ4v) is 3.34. The normalized spacial score (nSPS) is 11.2. The van der Waals surface area contributed by atoms with Gasteiger partial charge in [-0.2, -0.15) is 5.10 Å². The number of nitrogens with one attached hydrogen (secondary N) is 1. The molecule has 0 saturated carbocycles. The number of benzene rings is 2. The highest BCUT2D eigenvalue weighted by atomic mass is 35.5. The summed E-state index contributed by atoms with van der Waals surface area (Å²) in [6, 6.07) is 10.6. The van der Waals surface area contributed by atoms with E-state index in [-0.39, 0.29) is 17.3 Å². The van der Waals surface area contributed by atoms with Gasteiger partial charge < -0.3 is 5.32 Å². The first-order chi connectivity index (χ1) is 12.3. The van der Waals surface area contributed by atoms with Crippen LogP contribution in [-0.4, -0.2) is 15.7 Å². The Morgan fingerprint density at radius 1 is 1.15 bits per heavy atom. The molecule has 0 spiro atoms. The molecule has 0 bridgehead atoms. The number of amides is 1. The van der Waals surface area contributed by atoms with Crippen molar-refractivity contribution in [3.05, 3.63) is 68.6 Å². The highest BCUT2D eigenvalue weighted by Crippen LogP contribution is 2.28. The number of carbonyl (C=O) groups excluding carboxylic acids is 1. The van der Waals surface area contributed by atoms with Gasteiger partial charge in [0.15, 0.2) is 5.69 Å². The number of anilines is 1. The number of hydrogen-bond donors (Lipinski definition) is 1. The van der Waals surface area contributed by atoms with E-state index >= 15 is 0 Å². The summed E-state index contributed by atoms with van der Waals surface area (Å²) in [6.45, 7) is 7.53. The fourth-order valence-electron chi connectivity index (χ4n) is 2.97. The first kappa shape index (κ1) is 18.1. The Morgan fingerprint density at radius 2 is 1.81 bits per heavy atom. The van der Waals surface area contributed by atoms with Gasteiger partial charge in [-0.3, -0.25) is 9.59 Å². The van der Waals surface area contributed by atoms with Crippen LogP contribution >= 0.6 is 11.6 Å². The van der Waals surface area contributed by atoms with Crippen LogP contribution in [0.2, 0.25) is 5.02 Å². The minimum Gasteiger partial charge on any atom is -0.319 e. The Morgan fingerprint density at radius 3 is 2.42 bits per heavy atom. The van der Waals surface area contributed by atoms with Crippen LogP contribution in [0.3, 0.4) is 0 Å². The third-order valence-corrected chi connectivity index (χ3v) is 4.50. The molecule has 26 heavy (non-hydrogen) atoms. The molecular weight excluding hydrogens is 350 g/mol. The van der Waals surface area contributed by atoms with E-state index in [0.29, 0.717) is 21.5 Å². The molecule has 3 rings (SSSR count). The summed E-state index contributed by atoms with van der Waals surface area (Å²) >= 11 is 6.30.